The Kier molecular flexibility index (Phi) is 3.43. The van der Waals surface area contributed by atoms with E-state index in [1.165, 1.54) is 0 Å². The van der Waals surface area contributed by atoms with Gasteiger partial charge in [-0.3, -0.25) is 9.59 Å². The summed E-state index contributed by atoms with van der Waals surface area (Å²) in [4.78, 5) is 27.7. The molecule has 4 heterocycles. The van der Waals surface area contributed by atoms with Crippen LogP contribution >= 0.6 is 0 Å². The van der Waals surface area contributed by atoms with Crippen molar-refractivity contribution in [2.45, 2.75) is 44.7 Å². The van der Waals surface area contributed by atoms with E-state index in [1.54, 1.807) is 11.0 Å². The number of amides is 1. The fraction of sp³-hybridized carbons (Fsp3) is 0.400. The molecule has 1 saturated heterocycles. The monoisotopic (exact) mass is 352 g/mol. The van der Waals surface area contributed by atoms with Crippen LogP contribution in [0.3, 0.4) is 0 Å². The lowest BCUT2D eigenvalue weighted by molar-refractivity contribution is -0.0146. The Labute approximate surface area is 150 Å². The lowest BCUT2D eigenvalue weighted by Crippen LogP contribution is -2.50. The standard InChI is InChI=1S/C20H20N2O4/c1-12-10-26-20-15-8-7-14-9-16(23)18(17(22(14)15)19(24)21(12)20)25-11-13-5-3-2-4-6-13/h2-6,9,12,15,20H,7-8,10-11H2,1H3/t12-,15?,20?/m1/s1. The van der Waals surface area contributed by atoms with Gasteiger partial charge in [0, 0.05) is 11.8 Å². The summed E-state index contributed by atoms with van der Waals surface area (Å²) in [7, 11) is 0. The van der Waals surface area contributed by atoms with Crippen molar-refractivity contribution < 1.29 is 14.3 Å². The molecule has 0 aliphatic carbocycles. The van der Waals surface area contributed by atoms with E-state index >= 15 is 0 Å². The maximum Gasteiger partial charge on any atom is 0.276 e. The van der Waals surface area contributed by atoms with Crippen LogP contribution in [0.1, 0.15) is 41.1 Å². The molecule has 1 aromatic heterocycles. The van der Waals surface area contributed by atoms with Crippen LogP contribution in [0, 0.1) is 0 Å². The number of rotatable bonds is 3. The number of hydrogen-bond acceptors (Lipinski definition) is 4. The number of nitrogens with zero attached hydrogens (tertiary/aromatic N) is 2. The molecule has 5 rings (SSSR count). The van der Waals surface area contributed by atoms with E-state index in [2.05, 4.69) is 0 Å². The minimum atomic E-state index is -0.240. The first-order valence-electron chi connectivity index (χ1n) is 9.04. The van der Waals surface area contributed by atoms with Gasteiger partial charge in [0.25, 0.3) is 5.91 Å². The zero-order chi connectivity index (χ0) is 17.8. The van der Waals surface area contributed by atoms with Crippen molar-refractivity contribution in [2.24, 2.45) is 0 Å². The van der Waals surface area contributed by atoms with E-state index in [-0.39, 0.29) is 42.0 Å². The molecule has 3 aliphatic rings. The van der Waals surface area contributed by atoms with Crippen LogP contribution in [0.15, 0.2) is 41.2 Å². The molecule has 26 heavy (non-hydrogen) atoms. The Bertz CT molecular complexity index is 937. The summed E-state index contributed by atoms with van der Waals surface area (Å²) in [5.41, 5.74) is 2.03. The molecule has 1 aromatic carbocycles. The van der Waals surface area contributed by atoms with Crippen LogP contribution in [0.4, 0.5) is 0 Å². The van der Waals surface area contributed by atoms with Gasteiger partial charge in [0.1, 0.15) is 6.61 Å². The minimum Gasteiger partial charge on any atom is -0.483 e. The van der Waals surface area contributed by atoms with E-state index in [0.29, 0.717) is 12.3 Å². The largest absolute Gasteiger partial charge is 0.483 e. The van der Waals surface area contributed by atoms with Gasteiger partial charge in [-0.15, -0.1) is 0 Å². The van der Waals surface area contributed by atoms with Gasteiger partial charge in [0.2, 0.25) is 5.43 Å². The Balaban J connectivity index is 1.60. The van der Waals surface area contributed by atoms with Crippen molar-refractivity contribution in [2.75, 3.05) is 6.61 Å². The quantitative estimate of drug-likeness (QED) is 0.849. The molecule has 6 nitrogen and oxygen atoms in total. The molecule has 2 aromatic rings. The highest BCUT2D eigenvalue weighted by molar-refractivity contribution is 5.97. The number of aryl methyl sites for hydroxylation is 1. The molecule has 3 atom stereocenters. The van der Waals surface area contributed by atoms with Gasteiger partial charge in [-0.1, -0.05) is 30.3 Å². The van der Waals surface area contributed by atoms with Crippen molar-refractivity contribution in [1.29, 1.82) is 0 Å². The molecule has 2 unspecified atom stereocenters. The van der Waals surface area contributed by atoms with E-state index in [1.807, 2.05) is 41.8 Å². The average Bonchev–Trinajstić information content (AvgIpc) is 3.23. The highest BCUT2D eigenvalue weighted by Crippen LogP contribution is 2.42. The second kappa shape index (κ2) is 5.71. The smallest absolute Gasteiger partial charge is 0.276 e. The normalized spacial score (nSPS) is 26.0. The minimum absolute atomic E-state index is 0.00239. The number of carbonyl (C=O) groups excluding carboxylic acids is 1. The number of hydrogen-bond donors (Lipinski definition) is 0. The van der Waals surface area contributed by atoms with Gasteiger partial charge in [0.15, 0.2) is 17.7 Å². The Hall–Kier alpha value is -2.60. The molecule has 0 N–H and O–H groups in total. The zero-order valence-corrected chi connectivity index (χ0v) is 14.6. The van der Waals surface area contributed by atoms with Crippen LogP contribution in [0.5, 0.6) is 5.75 Å². The second-order valence-electron chi connectivity index (χ2n) is 7.21. The van der Waals surface area contributed by atoms with Gasteiger partial charge in [-0.25, -0.2) is 0 Å². The highest BCUT2D eigenvalue weighted by Gasteiger charge is 2.50. The summed E-state index contributed by atoms with van der Waals surface area (Å²) in [6, 6.07) is 11.3. The summed E-state index contributed by atoms with van der Waals surface area (Å²) >= 11 is 0. The third-order valence-electron chi connectivity index (χ3n) is 5.56. The average molecular weight is 352 g/mol. The molecule has 0 spiro atoms. The van der Waals surface area contributed by atoms with Crippen molar-refractivity contribution in [3.8, 4) is 5.75 Å². The van der Waals surface area contributed by atoms with Crippen molar-refractivity contribution in [1.82, 2.24) is 9.47 Å². The summed E-state index contributed by atoms with van der Waals surface area (Å²) < 4.78 is 13.8. The number of benzene rings is 1. The van der Waals surface area contributed by atoms with Crippen molar-refractivity contribution >= 4 is 5.91 Å². The van der Waals surface area contributed by atoms with E-state index in [9.17, 15) is 9.59 Å². The summed E-state index contributed by atoms with van der Waals surface area (Å²) in [5, 5.41) is 0. The molecule has 0 bridgehead atoms. The fourth-order valence-corrected chi connectivity index (χ4v) is 4.38. The first-order valence-corrected chi connectivity index (χ1v) is 9.04. The second-order valence-corrected chi connectivity index (χ2v) is 7.21. The third kappa shape index (κ3) is 2.15. The van der Waals surface area contributed by atoms with Crippen LogP contribution < -0.4 is 10.2 Å². The van der Waals surface area contributed by atoms with E-state index < -0.39 is 0 Å². The van der Waals surface area contributed by atoms with Gasteiger partial charge in [-0.05, 0) is 25.3 Å². The number of ether oxygens (including phenoxy) is 2. The van der Waals surface area contributed by atoms with Crippen LogP contribution in [0.2, 0.25) is 0 Å². The Morgan fingerprint density at radius 3 is 2.85 bits per heavy atom. The topological polar surface area (TPSA) is 60.8 Å². The first kappa shape index (κ1) is 15.6. The van der Waals surface area contributed by atoms with E-state index in [4.69, 9.17) is 9.47 Å². The Morgan fingerprint density at radius 2 is 2.04 bits per heavy atom. The lowest BCUT2D eigenvalue weighted by Gasteiger charge is -2.38. The molecule has 6 heteroatoms. The predicted molar refractivity (Wildman–Crippen MR) is 94.2 cm³/mol. The molecule has 0 saturated carbocycles. The molecular weight excluding hydrogens is 332 g/mol. The zero-order valence-electron chi connectivity index (χ0n) is 14.6. The highest BCUT2D eigenvalue weighted by atomic mass is 16.5. The summed E-state index contributed by atoms with van der Waals surface area (Å²) in [6.07, 6.45) is 1.41. The fourth-order valence-electron chi connectivity index (χ4n) is 4.38. The van der Waals surface area contributed by atoms with Gasteiger partial charge in [0.05, 0.1) is 18.7 Å². The molecule has 3 aliphatic heterocycles. The summed E-state index contributed by atoms with van der Waals surface area (Å²) in [5.74, 6) is -0.00721. The first-order chi connectivity index (χ1) is 12.6. The van der Waals surface area contributed by atoms with Gasteiger partial charge < -0.3 is 18.9 Å². The van der Waals surface area contributed by atoms with Crippen molar-refractivity contribution in [3.05, 3.63) is 63.6 Å². The lowest BCUT2D eigenvalue weighted by atomic mass is 10.1. The third-order valence-corrected chi connectivity index (χ3v) is 5.56. The maximum absolute atomic E-state index is 13.2. The van der Waals surface area contributed by atoms with Gasteiger partial charge >= 0.3 is 0 Å². The van der Waals surface area contributed by atoms with Crippen LogP contribution in [-0.2, 0) is 17.8 Å². The van der Waals surface area contributed by atoms with Crippen molar-refractivity contribution in [3.63, 3.8) is 0 Å². The molecule has 1 fully saturated rings. The Morgan fingerprint density at radius 1 is 1.23 bits per heavy atom. The number of pyridine rings is 1. The van der Waals surface area contributed by atoms with Crippen LogP contribution in [0.25, 0.3) is 0 Å². The van der Waals surface area contributed by atoms with Crippen LogP contribution in [-0.4, -0.2) is 34.3 Å². The predicted octanol–water partition coefficient (Wildman–Crippen LogP) is 2.12. The molecular formula is C20H20N2O4. The SMILES string of the molecule is C[C@@H]1COC2C3CCc4cc(=O)c(OCc5ccccc5)c(n43)C(=O)N21. The van der Waals surface area contributed by atoms with E-state index in [0.717, 1.165) is 24.1 Å². The molecule has 0 radical (unpaired) electrons. The molecule has 1 amide bonds. The number of aromatic nitrogens is 1. The maximum atomic E-state index is 13.2. The number of fused-ring (bicyclic) bond motifs is 2. The van der Waals surface area contributed by atoms with Gasteiger partial charge in [-0.2, -0.15) is 0 Å². The molecule has 134 valence electrons. The number of carbonyl (C=O) groups is 1. The summed E-state index contributed by atoms with van der Waals surface area (Å²) in [6.45, 7) is 2.77.